The van der Waals surface area contributed by atoms with E-state index in [1.54, 1.807) is 25.3 Å². The van der Waals surface area contributed by atoms with Gasteiger partial charge in [-0.1, -0.05) is 0 Å². The molecular weight excluding hydrogens is 192 g/mol. The second kappa shape index (κ2) is 5.58. The lowest BCUT2D eigenvalue weighted by atomic mass is 10.0. The van der Waals surface area contributed by atoms with Gasteiger partial charge in [-0.25, -0.2) is 0 Å². The summed E-state index contributed by atoms with van der Waals surface area (Å²) in [6.07, 6.45) is 0.0842. The molecule has 4 heteroatoms. The molecule has 0 heterocycles. The van der Waals surface area contributed by atoms with Crippen molar-refractivity contribution in [3.63, 3.8) is 0 Å². The molecule has 1 atom stereocenters. The van der Waals surface area contributed by atoms with E-state index in [0.717, 1.165) is 12.1 Å². The second-order valence-electron chi connectivity index (χ2n) is 3.40. The SMILES string of the molecule is CNCCC(O)c1cc(OC)ccc1N. The number of benzene rings is 1. The largest absolute Gasteiger partial charge is 0.497 e. The summed E-state index contributed by atoms with van der Waals surface area (Å²) in [5, 5.41) is 12.9. The molecule has 4 N–H and O–H groups in total. The molecule has 1 aromatic rings. The van der Waals surface area contributed by atoms with Crippen molar-refractivity contribution in [2.24, 2.45) is 0 Å². The zero-order chi connectivity index (χ0) is 11.3. The molecule has 84 valence electrons. The van der Waals surface area contributed by atoms with Gasteiger partial charge in [0.05, 0.1) is 13.2 Å². The summed E-state index contributed by atoms with van der Waals surface area (Å²) < 4.78 is 5.08. The summed E-state index contributed by atoms with van der Waals surface area (Å²) >= 11 is 0. The molecule has 1 rings (SSSR count). The highest BCUT2D eigenvalue weighted by Crippen LogP contribution is 2.26. The van der Waals surface area contributed by atoms with Crippen LogP contribution in [0.3, 0.4) is 0 Å². The summed E-state index contributed by atoms with van der Waals surface area (Å²) in [5.41, 5.74) is 7.10. The zero-order valence-corrected chi connectivity index (χ0v) is 9.16. The molecule has 0 radical (unpaired) electrons. The van der Waals surface area contributed by atoms with Crippen molar-refractivity contribution in [3.05, 3.63) is 23.8 Å². The van der Waals surface area contributed by atoms with Crippen molar-refractivity contribution in [1.29, 1.82) is 0 Å². The fourth-order valence-electron chi connectivity index (χ4n) is 1.40. The van der Waals surface area contributed by atoms with Crippen LogP contribution >= 0.6 is 0 Å². The van der Waals surface area contributed by atoms with Crippen LogP contribution in [-0.4, -0.2) is 25.8 Å². The highest BCUT2D eigenvalue weighted by molar-refractivity contribution is 5.51. The molecule has 0 saturated heterocycles. The maximum atomic E-state index is 9.88. The van der Waals surface area contributed by atoms with E-state index in [0.29, 0.717) is 17.9 Å². The van der Waals surface area contributed by atoms with Crippen LogP contribution < -0.4 is 15.8 Å². The summed E-state index contributed by atoms with van der Waals surface area (Å²) in [6.45, 7) is 0.748. The average molecular weight is 210 g/mol. The highest BCUT2D eigenvalue weighted by Gasteiger charge is 2.11. The number of nitrogens with one attached hydrogen (secondary N) is 1. The zero-order valence-electron chi connectivity index (χ0n) is 9.16. The molecule has 0 aromatic heterocycles. The standard InChI is InChI=1S/C11H18N2O2/c1-13-6-5-11(14)9-7-8(15-2)3-4-10(9)12/h3-4,7,11,13-14H,5-6,12H2,1-2H3. The quantitative estimate of drug-likeness (QED) is 0.632. The first-order valence-electron chi connectivity index (χ1n) is 4.95. The Hall–Kier alpha value is -1.26. The normalized spacial score (nSPS) is 12.5. The predicted molar refractivity (Wildman–Crippen MR) is 60.9 cm³/mol. The Balaban J connectivity index is 2.81. The Kier molecular flexibility index (Phi) is 4.39. The van der Waals surface area contributed by atoms with Crippen LogP contribution in [-0.2, 0) is 0 Å². The van der Waals surface area contributed by atoms with Crippen molar-refractivity contribution >= 4 is 5.69 Å². The molecule has 4 nitrogen and oxygen atoms in total. The van der Waals surface area contributed by atoms with Gasteiger partial charge in [0.2, 0.25) is 0 Å². The molecule has 0 aliphatic carbocycles. The van der Waals surface area contributed by atoms with Crippen molar-refractivity contribution in [2.45, 2.75) is 12.5 Å². The Morgan fingerprint density at radius 3 is 2.87 bits per heavy atom. The van der Waals surface area contributed by atoms with Gasteiger partial charge in [0.1, 0.15) is 5.75 Å². The van der Waals surface area contributed by atoms with Crippen LogP contribution in [0.4, 0.5) is 5.69 Å². The van der Waals surface area contributed by atoms with Crippen LogP contribution in [0.25, 0.3) is 0 Å². The number of hydrogen-bond donors (Lipinski definition) is 3. The van der Waals surface area contributed by atoms with E-state index in [1.807, 2.05) is 7.05 Å². The third-order valence-electron chi connectivity index (χ3n) is 2.32. The average Bonchev–Trinajstić information content (AvgIpc) is 2.26. The molecule has 0 bridgehead atoms. The van der Waals surface area contributed by atoms with E-state index in [2.05, 4.69) is 5.32 Å². The van der Waals surface area contributed by atoms with Gasteiger partial charge < -0.3 is 20.9 Å². The minimum Gasteiger partial charge on any atom is -0.497 e. The van der Waals surface area contributed by atoms with Crippen molar-refractivity contribution in [2.75, 3.05) is 26.4 Å². The van der Waals surface area contributed by atoms with E-state index in [1.165, 1.54) is 0 Å². The molecule has 0 saturated carbocycles. The second-order valence-corrected chi connectivity index (χ2v) is 3.40. The van der Waals surface area contributed by atoms with Crippen molar-refractivity contribution in [1.82, 2.24) is 5.32 Å². The smallest absolute Gasteiger partial charge is 0.119 e. The summed E-state index contributed by atoms with van der Waals surface area (Å²) in [4.78, 5) is 0. The topological polar surface area (TPSA) is 67.5 Å². The molecule has 0 aliphatic heterocycles. The number of hydrogen-bond acceptors (Lipinski definition) is 4. The van der Waals surface area contributed by atoms with Crippen molar-refractivity contribution in [3.8, 4) is 5.75 Å². The predicted octanol–water partition coefficient (Wildman–Crippen LogP) is 0.920. The maximum absolute atomic E-state index is 9.88. The first kappa shape index (κ1) is 11.8. The van der Waals surface area contributed by atoms with E-state index in [4.69, 9.17) is 10.5 Å². The Bertz CT molecular complexity index is 315. The van der Waals surface area contributed by atoms with Gasteiger partial charge in [-0.3, -0.25) is 0 Å². The Morgan fingerprint density at radius 2 is 2.27 bits per heavy atom. The lowest BCUT2D eigenvalue weighted by Crippen LogP contribution is -2.13. The monoisotopic (exact) mass is 210 g/mol. The minimum atomic E-state index is -0.549. The first-order valence-corrected chi connectivity index (χ1v) is 4.95. The lowest BCUT2D eigenvalue weighted by molar-refractivity contribution is 0.168. The number of ether oxygens (including phenoxy) is 1. The molecule has 1 aromatic carbocycles. The maximum Gasteiger partial charge on any atom is 0.119 e. The highest BCUT2D eigenvalue weighted by atomic mass is 16.5. The first-order chi connectivity index (χ1) is 7.19. The fourth-order valence-corrected chi connectivity index (χ4v) is 1.40. The number of nitrogens with two attached hydrogens (primary N) is 1. The summed E-state index contributed by atoms with van der Waals surface area (Å²) in [7, 11) is 3.44. The molecule has 0 fully saturated rings. The summed E-state index contributed by atoms with van der Waals surface area (Å²) in [6, 6.07) is 5.30. The number of aliphatic hydroxyl groups excluding tert-OH is 1. The van der Waals surface area contributed by atoms with E-state index in [9.17, 15) is 5.11 Å². The molecule has 0 spiro atoms. The van der Waals surface area contributed by atoms with Crippen LogP contribution in [0.1, 0.15) is 18.1 Å². The number of aliphatic hydroxyl groups is 1. The number of anilines is 1. The van der Waals surface area contributed by atoms with E-state index in [-0.39, 0.29) is 0 Å². The van der Waals surface area contributed by atoms with Crippen LogP contribution in [0.15, 0.2) is 18.2 Å². The van der Waals surface area contributed by atoms with Gasteiger partial charge in [0.25, 0.3) is 0 Å². The van der Waals surface area contributed by atoms with Crippen LogP contribution in [0.5, 0.6) is 5.75 Å². The molecular formula is C11H18N2O2. The Morgan fingerprint density at radius 1 is 1.53 bits per heavy atom. The molecule has 15 heavy (non-hydrogen) atoms. The molecule has 0 amide bonds. The van der Waals surface area contributed by atoms with Gasteiger partial charge in [0.15, 0.2) is 0 Å². The van der Waals surface area contributed by atoms with Gasteiger partial charge >= 0.3 is 0 Å². The third kappa shape index (κ3) is 3.11. The van der Waals surface area contributed by atoms with E-state index >= 15 is 0 Å². The van der Waals surface area contributed by atoms with E-state index < -0.39 is 6.10 Å². The van der Waals surface area contributed by atoms with Crippen LogP contribution in [0.2, 0.25) is 0 Å². The Labute approximate surface area is 90.1 Å². The third-order valence-corrected chi connectivity index (χ3v) is 2.32. The van der Waals surface area contributed by atoms with Gasteiger partial charge in [-0.2, -0.15) is 0 Å². The van der Waals surface area contributed by atoms with Gasteiger partial charge in [-0.05, 0) is 38.2 Å². The molecule has 0 aliphatic rings. The number of methoxy groups -OCH3 is 1. The van der Waals surface area contributed by atoms with Gasteiger partial charge in [0, 0.05) is 11.3 Å². The number of rotatable bonds is 5. The van der Waals surface area contributed by atoms with Gasteiger partial charge in [-0.15, -0.1) is 0 Å². The van der Waals surface area contributed by atoms with Crippen molar-refractivity contribution < 1.29 is 9.84 Å². The van der Waals surface area contributed by atoms with Crippen LogP contribution in [0, 0.1) is 0 Å². The lowest BCUT2D eigenvalue weighted by Gasteiger charge is -2.14. The fraction of sp³-hybridized carbons (Fsp3) is 0.455. The summed E-state index contributed by atoms with van der Waals surface area (Å²) in [5.74, 6) is 0.711. The number of nitrogen functional groups attached to an aromatic ring is 1. The minimum absolute atomic E-state index is 0.549. The molecule has 1 unspecified atom stereocenters.